The van der Waals surface area contributed by atoms with E-state index in [1.165, 1.54) is 12.1 Å². The zero-order valence-corrected chi connectivity index (χ0v) is 18.0. The van der Waals surface area contributed by atoms with Crippen LogP contribution < -0.4 is 5.32 Å². The van der Waals surface area contributed by atoms with Gasteiger partial charge in [0.05, 0.1) is 18.8 Å². The summed E-state index contributed by atoms with van der Waals surface area (Å²) in [5, 5.41) is 2.67. The summed E-state index contributed by atoms with van der Waals surface area (Å²) in [5.41, 5.74) is 2.96. The number of carbonyl (C=O) groups excluding carboxylic acids is 2. The van der Waals surface area contributed by atoms with E-state index in [1.54, 1.807) is 24.3 Å². The van der Waals surface area contributed by atoms with Crippen molar-refractivity contribution in [1.82, 2.24) is 4.90 Å². The van der Waals surface area contributed by atoms with Crippen LogP contribution in [0.4, 0.5) is 18.9 Å². The Bertz CT molecular complexity index is 1150. The van der Waals surface area contributed by atoms with E-state index < -0.39 is 17.6 Å². The minimum absolute atomic E-state index is 0.0865. The van der Waals surface area contributed by atoms with E-state index in [1.807, 2.05) is 13.0 Å². The highest BCUT2D eigenvalue weighted by Crippen LogP contribution is 2.33. The highest BCUT2D eigenvalue weighted by atomic mass is 19.4. The number of morpholine rings is 1. The molecule has 33 heavy (non-hydrogen) atoms. The highest BCUT2D eigenvalue weighted by Gasteiger charge is 2.31. The number of allylic oxidation sites excluding steroid dienone is 3. The molecular formula is C25H23F3N2O3. The number of benzene rings is 2. The van der Waals surface area contributed by atoms with Gasteiger partial charge in [0.25, 0.3) is 5.91 Å². The van der Waals surface area contributed by atoms with Crippen LogP contribution in [0, 0.1) is 6.92 Å². The summed E-state index contributed by atoms with van der Waals surface area (Å²) in [6.07, 6.45) is -0.731. The molecule has 0 unspecified atom stereocenters. The summed E-state index contributed by atoms with van der Waals surface area (Å²) in [6, 6.07) is 9.54. The molecule has 0 aromatic heterocycles. The average Bonchev–Trinajstić information content (AvgIpc) is 2.80. The number of carbonyl (C=O) groups is 2. The smallest absolute Gasteiger partial charge is 0.378 e. The molecule has 172 valence electrons. The zero-order chi connectivity index (χ0) is 23.6. The van der Waals surface area contributed by atoms with Crippen LogP contribution in [0.25, 0.3) is 5.57 Å². The highest BCUT2D eigenvalue weighted by molar-refractivity contribution is 6.07. The van der Waals surface area contributed by atoms with Gasteiger partial charge in [-0.15, -0.1) is 0 Å². The normalized spacial score (nSPS) is 16.8. The summed E-state index contributed by atoms with van der Waals surface area (Å²) >= 11 is 0. The Hall–Kier alpha value is -3.39. The molecule has 0 spiro atoms. The molecule has 1 saturated heterocycles. The Balaban J connectivity index is 1.55. The van der Waals surface area contributed by atoms with Gasteiger partial charge in [0.2, 0.25) is 0 Å². The minimum atomic E-state index is -4.53. The number of aryl methyl sites for hydroxylation is 1. The first-order valence-corrected chi connectivity index (χ1v) is 10.6. The lowest BCUT2D eigenvalue weighted by atomic mass is 9.91. The molecule has 0 radical (unpaired) electrons. The first-order valence-electron chi connectivity index (χ1n) is 10.6. The van der Waals surface area contributed by atoms with Crippen LogP contribution in [0.1, 0.15) is 33.5 Å². The van der Waals surface area contributed by atoms with Gasteiger partial charge >= 0.3 is 6.18 Å². The minimum Gasteiger partial charge on any atom is -0.378 e. The Morgan fingerprint density at radius 2 is 1.82 bits per heavy atom. The molecule has 1 amide bonds. The topological polar surface area (TPSA) is 58.6 Å². The average molecular weight is 456 g/mol. The molecule has 0 bridgehead atoms. The number of hydrogen-bond acceptors (Lipinski definition) is 4. The quantitative estimate of drug-likeness (QED) is 0.716. The van der Waals surface area contributed by atoms with Crippen molar-refractivity contribution in [2.45, 2.75) is 19.5 Å². The van der Waals surface area contributed by atoms with Crippen LogP contribution in [0.15, 0.2) is 60.3 Å². The Morgan fingerprint density at radius 3 is 2.55 bits per heavy atom. The van der Waals surface area contributed by atoms with Crippen molar-refractivity contribution in [3.63, 3.8) is 0 Å². The Labute approximate surface area is 189 Å². The molecule has 1 aliphatic heterocycles. The van der Waals surface area contributed by atoms with E-state index in [-0.39, 0.29) is 11.3 Å². The number of nitrogens with one attached hydrogen (secondary N) is 1. The number of amides is 1. The molecule has 8 heteroatoms. The fourth-order valence-corrected chi connectivity index (χ4v) is 3.99. The van der Waals surface area contributed by atoms with Gasteiger partial charge in [0.15, 0.2) is 5.78 Å². The zero-order valence-electron chi connectivity index (χ0n) is 18.0. The van der Waals surface area contributed by atoms with E-state index in [0.717, 1.165) is 47.6 Å². The maximum Gasteiger partial charge on any atom is 0.416 e. The summed E-state index contributed by atoms with van der Waals surface area (Å²) in [6.45, 7) is 4.57. The van der Waals surface area contributed by atoms with E-state index in [2.05, 4.69) is 10.2 Å². The third-order valence-electron chi connectivity index (χ3n) is 5.71. The first kappa shape index (κ1) is 22.8. The van der Waals surface area contributed by atoms with Crippen molar-refractivity contribution in [2.24, 2.45) is 0 Å². The number of halogens is 3. The van der Waals surface area contributed by atoms with E-state index in [9.17, 15) is 22.8 Å². The summed E-state index contributed by atoms with van der Waals surface area (Å²) in [4.78, 5) is 27.1. The number of alkyl halides is 3. The predicted octanol–water partition coefficient (Wildman–Crippen LogP) is 4.84. The van der Waals surface area contributed by atoms with Gasteiger partial charge in [-0.3, -0.25) is 9.59 Å². The molecule has 1 fully saturated rings. The maximum atomic E-state index is 13.0. The monoisotopic (exact) mass is 456 g/mol. The number of ketones is 1. The van der Waals surface area contributed by atoms with Gasteiger partial charge in [0, 0.05) is 42.5 Å². The Morgan fingerprint density at radius 1 is 1.06 bits per heavy atom. The summed E-state index contributed by atoms with van der Waals surface area (Å²) in [7, 11) is 0. The number of nitrogens with zero attached hydrogens (tertiary/aromatic N) is 1. The lowest BCUT2D eigenvalue weighted by Crippen LogP contribution is -2.36. The summed E-state index contributed by atoms with van der Waals surface area (Å²) in [5.74, 6) is -0.742. The second kappa shape index (κ2) is 9.23. The summed E-state index contributed by atoms with van der Waals surface area (Å²) < 4.78 is 44.3. The molecule has 2 aromatic rings. The molecule has 2 aliphatic rings. The standard InChI is InChI=1S/C25H23F3N2O3/c1-16-5-6-20(29-24(32)17-3-2-4-19(11-17)25(26,27)28)14-23(16)18-12-21(15-22(31)13-18)30-7-9-33-10-8-30/h2-6,11,13-15H,7-10,12H2,1H3,(H,29,32). The van der Waals surface area contributed by atoms with Gasteiger partial charge in [0.1, 0.15) is 0 Å². The van der Waals surface area contributed by atoms with E-state index >= 15 is 0 Å². The molecule has 1 N–H and O–H groups in total. The number of ether oxygens (including phenoxy) is 1. The van der Waals surface area contributed by atoms with Crippen molar-refractivity contribution in [2.75, 3.05) is 31.6 Å². The largest absolute Gasteiger partial charge is 0.416 e. The molecule has 5 nitrogen and oxygen atoms in total. The SMILES string of the molecule is Cc1ccc(NC(=O)c2cccc(C(F)(F)F)c2)cc1C1=CC(=O)C=C(N2CCOCC2)C1. The van der Waals surface area contributed by atoms with E-state index in [0.29, 0.717) is 25.3 Å². The molecule has 1 aliphatic carbocycles. The van der Waals surface area contributed by atoms with Crippen molar-refractivity contribution in [3.05, 3.63) is 82.6 Å². The predicted molar refractivity (Wildman–Crippen MR) is 119 cm³/mol. The third kappa shape index (κ3) is 5.34. The van der Waals surface area contributed by atoms with Crippen LogP contribution >= 0.6 is 0 Å². The molecule has 0 atom stereocenters. The van der Waals surface area contributed by atoms with Crippen LogP contribution in [0.2, 0.25) is 0 Å². The van der Waals surface area contributed by atoms with Gasteiger partial charge in [-0.25, -0.2) is 0 Å². The van der Waals surface area contributed by atoms with Gasteiger partial charge in [-0.05, 0) is 60.0 Å². The second-order valence-corrected chi connectivity index (χ2v) is 8.05. The maximum absolute atomic E-state index is 13.0. The van der Waals surface area contributed by atoms with Crippen molar-refractivity contribution >= 4 is 23.0 Å². The first-order chi connectivity index (χ1) is 15.7. The van der Waals surface area contributed by atoms with Gasteiger partial charge in [-0.2, -0.15) is 13.2 Å². The molecular weight excluding hydrogens is 433 g/mol. The number of rotatable bonds is 4. The van der Waals surface area contributed by atoms with Crippen molar-refractivity contribution in [1.29, 1.82) is 0 Å². The van der Waals surface area contributed by atoms with Crippen LogP contribution in [-0.4, -0.2) is 42.9 Å². The fraction of sp³-hybridized carbons (Fsp3) is 0.280. The van der Waals surface area contributed by atoms with Crippen LogP contribution in [0.3, 0.4) is 0 Å². The molecule has 2 aromatic carbocycles. The second-order valence-electron chi connectivity index (χ2n) is 8.05. The third-order valence-corrected chi connectivity index (χ3v) is 5.71. The molecule has 0 saturated carbocycles. The molecule has 4 rings (SSSR count). The van der Waals surface area contributed by atoms with Crippen molar-refractivity contribution in [3.8, 4) is 0 Å². The van der Waals surface area contributed by atoms with Crippen LogP contribution in [-0.2, 0) is 15.7 Å². The van der Waals surface area contributed by atoms with Gasteiger partial charge < -0.3 is 15.0 Å². The van der Waals surface area contributed by atoms with Crippen LogP contribution in [0.5, 0.6) is 0 Å². The molecule has 1 heterocycles. The van der Waals surface area contributed by atoms with E-state index in [4.69, 9.17) is 4.74 Å². The number of anilines is 1. The lowest BCUT2D eigenvalue weighted by molar-refractivity contribution is -0.137. The Kier molecular flexibility index (Phi) is 6.37. The van der Waals surface area contributed by atoms with Crippen molar-refractivity contribution < 1.29 is 27.5 Å². The fourth-order valence-electron chi connectivity index (χ4n) is 3.99. The lowest BCUT2D eigenvalue weighted by Gasteiger charge is -2.32. The van der Waals surface area contributed by atoms with Gasteiger partial charge in [-0.1, -0.05) is 12.1 Å². The number of hydrogen-bond donors (Lipinski definition) is 1.